The summed E-state index contributed by atoms with van der Waals surface area (Å²) in [4.78, 5) is 17.6. The van der Waals surface area contributed by atoms with Crippen molar-refractivity contribution < 1.29 is 4.79 Å². The number of aromatic nitrogens is 1. The van der Waals surface area contributed by atoms with E-state index in [2.05, 4.69) is 15.6 Å². The van der Waals surface area contributed by atoms with E-state index in [1.165, 1.54) is 4.88 Å². The van der Waals surface area contributed by atoms with E-state index < -0.39 is 0 Å². The molecule has 0 bridgehead atoms. The summed E-state index contributed by atoms with van der Waals surface area (Å²) in [5.41, 5.74) is 2.95. The molecule has 21 heavy (non-hydrogen) atoms. The van der Waals surface area contributed by atoms with Crippen LogP contribution in [0.4, 0.5) is 0 Å². The molecular weight excluding hydrogens is 282 g/mol. The maximum atomic E-state index is 11.9. The zero-order chi connectivity index (χ0) is 15.2. The fourth-order valence-corrected chi connectivity index (χ4v) is 2.92. The number of nitrogens with zero attached hydrogens (tertiary/aromatic N) is 1. The zero-order valence-corrected chi connectivity index (χ0v) is 13.5. The molecule has 5 heteroatoms. The Balaban J connectivity index is 1.69. The summed E-state index contributed by atoms with van der Waals surface area (Å²) in [6.45, 7) is 8.21. The molecule has 2 N–H and O–H groups in total. The van der Waals surface area contributed by atoms with E-state index in [1.807, 2.05) is 45.0 Å². The maximum absolute atomic E-state index is 11.9. The molecule has 1 heterocycles. The number of hydrogen-bond donors (Lipinski definition) is 2. The van der Waals surface area contributed by atoms with Crippen molar-refractivity contribution >= 4 is 17.2 Å². The van der Waals surface area contributed by atoms with Crippen molar-refractivity contribution in [1.82, 2.24) is 15.6 Å². The van der Waals surface area contributed by atoms with Crippen LogP contribution in [-0.2, 0) is 6.54 Å². The summed E-state index contributed by atoms with van der Waals surface area (Å²) >= 11 is 1.72. The first-order valence-electron chi connectivity index (χ1n) is 7.05. The Hall–Kier alpha value is -1.72. The zero-order valence-electron chi connectivity index (χ0n) is 12.7. The SMILES string of the molecule is Cc1ccc(C(=O)NCCNCc2sc(C)nc2C)cc1. The summed E-state index contributed by atoms with van der Waals surface area (Å²) in [6, 6.07) is 7.59. The monoisotopic (exact) mass is 303 g/mol. The molecule has 1 aromatic heterocycles. The van der Waals surface area contributed by atoms with Gasteiger partial charge < -0.3 is 10.6 Å². The Bertz CT molecular complexity index is 604. The minimum atomic E-state index is -0.0263. The van der Waals surface area contributed by atoms with Gasteiger partial charge in [-0.3, -0.25) is 4.79 Å². The van der Waals surface area contributed by atoms with Crippen LogP contribution in [0, 0.1) is 20.8 Å². The Morgan fingerprint density at radius 2 is 1.86 bits per heavy atom. The van der Waals surface area contributed by atoms with E-state index in [1.54, 1.807) is 11.3 Å². The third kappa shape index (κ3) is 4.65. The van der Waals surface area contributed by atoms with E-state index in [-0.39, 0.29) is 5.91 Å². The van der Waals surface area contributed by atoms with Gasteiger partial charge in [-0.05, 0) is 32.9 Å². The molecule has 0 fully saturated rings. The first-order valence-corrected chi connectivity index (χ1v) is 7.86. The molecule has 1 amide bonds. The number of carbonyl (C=O) groups is 1. The van der Waals surface area contributed by atoms with Crippen molar-refractivity contribution in [1.29, 1.82) is 0 Å². The number of hydrogen-bond acceptors (Lipinski definition) is 4. The normalized spacial score (nSPS) is 10.6. The van der Waals surface area contributed by atoms with Crippen molar-refractivity contribution in [3.8, 4) is 0 Å². The second-order valence-electron chi connectivity index (χ2n) is 5.04. The van der Waals surface area contributed by atoms with Gasteiger partial charge in [0.05, 0.1) is 10.7 Å². The number of amides is 1. The standard InChI is InChI=1S/C16H21N3OS/c1-11-4-6-14(7-5-11)16(20)18-9-8-17-10-15-12(2)19-13(3)21-15/h4-7,17H,8-10H2,1-3H3,(H,18,20). The van der Waals surface area contributed by atoms with E-state index in [9.17, 15) is 4.79 Å². The molecule has 0 saturated heterocycles. The number of carbonyl (C=O) groups excluding carboxylic acids is 1. The molecule has 0 aliphatic carbocycles. The average molecular weight is 303 g/mol. The minimum Gasteiger partial charge on any atom is -0.351 e. The Morgan fingerprint density at radius 3 is 2.48 bits per heavy atom. The summed E-state index contributed by atoms with van der Waals surface area (Å²) < 4.78 is 0. The summed E-state index contributed by atoms with van der Waals surface area (Å²) in [7, 11) is 0. The number of rotatable bonds is 6. The van der Waals surface area contributed by atoms with Gasteiger partial charge in [0, 0.05) is 30.1 Å². The van der Waals surface area contributed by atoms with Gasteiger partial charge in [-0.2, -0.15) is 0 Å². The van der Waals surface area contributed by atoms with E-state index in [4.69, 9.17) is 0 Å². The molecule has 2 rings (SSSR count). The maximum Gasteiger partial charge on any atom is 0.251 e. The van der Waals surface area contributed by atoms with Crippen LogP contribution in [0.15, 0.2) is 24.3 Å². The highest BCUT2D eigenvalue weighted by atomic mass is 32.1. The predicted molar refractivity (Wildman–Crippen MR) is 86.8 cm³/mol. The highest BCUT2D eigenvalue weighted by Gasteiger charge is 2.05. The molecular formula is C16H21N3OS. The Morgan fingerprint density at radius 1 is 1.14 bits per heavy atom. The lowest BCUT2D eigenvalue weighted by Crippen LogP contribution is -2.31. The number of thiazole rings is 1. The van der Waals surface area contributed by atoms with Crippen molar-refractivity contribution in [2.45, 2.75) is 27.3 Å². The summed E-state index contributed by atoms with van der Waals surface area (Å²) in [5, 5.41) is 7.33. The van der Waals surface area contributed by atoms with E-state index >= 15 is 0 Å². The molecule has 0 aliphatic heterocycles. The van der Waals surface area contributed by atoms with Gasteiger partial charge in [-0.15, -0.1) is 11.3 Å². The van der Waals surface area contributed by atoms with Crippen molar-refractivity contribution in [3.63, 3.8) is 0 Å². The van der Waals surface area contributed by atoms with Crippen LogP contribution in [-0.4, -0.2) is 24.0 Å². The van der Waals surface area contributed by atoms with E-state index in [0.717, 1.165) is 29.4 Å². The first-order chi connectivity index (χ1) is 10.1. The molecule has 1 aromatic carbocycles. The van der Waals surface area contributed by atoms with Crippen LogP contribution in [0.2, 0.25) is 0 Å². The largest absolute Gasteiger partial charge is 0.351 e. The second-order valence-corrected chi connectivity index (χ2v) is 6.33. The number of aryl methyl sites for hydroxylation is 3. The fraction of sp³-hybridized carbons (Fsp3) is 0.375. The third-order valence-corrected chi connectivity index (χ3v) is 4.26. The van der Waals surface area contributed by atoms with Gasteiger partial charge in [-0.1, -0.05) is 17.7 Å². The minimum absolute atomic E-state index is 0.0263. The van der Waals surface area contributed by atoms with Gasteiger partial charge in [0.25, 0.3) is 5.91 Å². The molecule has 0 saturated carbocycles. The van der Waals surface area contributed by atoms with Gasteiger partial charge in [0.2, 0.25) is 0 Å². The topological polar surface area (TPSA) is 54.0 Å². The molecule has 0 spiro atoms. The Kier molecular flexibility index (Phi) is 5.47. The highest BCUT2D eigenvalue weighted by molar-refractivity contribution is 7.11. The fourth-order valence-electron chi connectivity index (χ4n) is 2.01. The summed E-state index contributed by atoms with van der Waals surface area (Å²) in [6.07, 6.45) is 0. The lowest BCUT2D eigenvalue weighted by atomic mass is 10.1. The van der Waals surface area contributed by atoms with Crippen LogP contribution in [0.3, 0.4) is 0 Å². The molecule has 0 aliphatic rings. The highest BCUT2D eigenvalue weighted by Crippen LogP contribution is 2.16. The summed E-state index contributed by atoms with van der Waals surface area (Å²) in [5.74, 6) is -0.0263. The molecule has 0 unspecified atom stereocenters. The number of benzene rings is 1. The van der Waals surface area contributed by atoms with Gasteiger partial charge >= 0.3 is 0 Å². The number of nitrogens with one attached hydrogen (secondary N) is 2. The van der Waals surface area contributed by atoms with Crippen molar-refractivity contribution in [2.75, 3.05) is 13.1 Å². The third-order valence-electron chi connectivity index (χ3n) is 3.19. The van der Waals surface area contributed by atoms with Crippen LogP contribution < -0.4 is 10.6 Å². The van der Waals surface area contributed by atoms with Gasteiger partial charge in [0.1, 0.15) is 0 Å². The van der Waals surface area contributed by atoms with Crippen LogP contribution in [0.25, 0.3) is 0 Å². The van der Waals surface area contributed by atoms with Crippen molar-refractivity contribution in [3.05, 3.63) is 51.0 Å². The first kappa shape index (κ1) is 15.7. The molecule has 0 radical (unpaired) electrons. The van der Waals surface area contributed by atoms with Crippen molar-refractivity contribution in [2.24, 2.45) is 0 Å². The van der Waals surface area contributed by atoms with Crippen LogP contribution in [0.5, 0.6) is 0 Å². The average Bonchev–Trinajstić information content (AvgIpc) is 2.77. The molecule has 112 valence electrons. The quantitative estimate of drug-likeness (QED) is 0.807. The molecule has 4 nitrogen and oxygen atoms in total. The molecule has 0 atom stereocenters. The smallest absolute Gasteiger partial charge is 0.251 e. The molecule has 2 aromatic rings. The van der Waals surface area contributed by atoms with Gasteiger partial charge in [0.15, 0.2) is 0 Å². The van der Waals surface area contributed by atoms with Crippen LogP contribution in [0.1, 0.15) is 31.5 Å². The van der Waals surface area contributed by atoms with E-state index in [0.29, 0.717) is 12.1 Å². The second kappa shape index (κ2) is 7.33. The predicted octanol–water partition coefficient (Wildman–Crippen LogP) is 2.59. The lowest BCUT2D eigenvalue weighted by molar-refractivity contribution is 0.0954. The Labute approximate surface area is 129 Å². The van der Waals surface area contributed by atoms with Crippen LogP contribution >= 0.6 is 11.3 Å². The van der Waals surface area contributed by atoms with Gasteiger partial charge in [-0.25, -0.2) is 4.98 Å². The lowest BCUT2D eigenvalue weighted by Gasteiger charge is -2.06.